The van der Waals surface area contributed by atoms with Gasteiger partial charge in [0.2, 0.25) is 0 Å². The number of unbranched alkanes of at least 4 members (excludes halogenated alkanes) is 5. The van der Waals surface area contributed by atoms with E-state index in [9.17, 15) is 13.0 Å². The maximum atomic E-state index is 10.4. The van der Waals surface area contributed by atoms with Gasteiger partial charge in [-0.3, -0.25) is 0 Å². The van der Waals surface area contributed by atoms with Crippen LogP contribution in [0.4, 0.5) is 0 Å². The van der Waals surface area contributed by atoms with Gasteiger partial charge in [0.1, 0.15) is 0 Å². The van der Waals surface area contributed by atoms with Crippen LogP contribution in [0, 0.1) is 0 Å². The second kappa shape index (κ2) is 8.21. The Hall–Kier alpha value is -0.940. The van der Waals surface area contributed by atoms with Crippen molar-refractivity contribution in [2.45, 2.75) is 44.9 Å². The maximum Gasteiger partial charge on any atom is 0.170 e. The van der Waals surface area contributed by atoms with Crippen LogP contribution in [0.5, 0.6) is 0 Å². The third-order valence-corrected chi connectivity index (χ3v) is 3.67. The van der Waals surface area contributed by atoms with E-state index in [1.165, 1.54) is 5.56 Å². The number of aromatic amines is 1. The molecule has 0 bridgehead atoms. The van der Waals surface area contributed by atoms with Crippen LogP contribution < -0.4 is 4.98 Å². The van der Waals surface area contributed by atoms with E-state index in [1.807, 2.05) is 18.5 Å². The minimum Gasteiger partial charge on any atom is -0.748 e. The third-order valence-electron chi connectivity index (χ3n) is 2.88. The van der Waals surface area contributed by atoms with Crippen LogP contribution in [-0.2, 0) is 16.5 Å². The van der Waals surface area contributed by atoms with Gasteiger partial charge in [0.15, 0.2) is 12.4 Å². The molecule has 1 N–H and O–H groups in total. The molecule has 0 aliphatic heterocycles. The van der Waals surface area contributed by atoms with Crippen molar-refractivity contribution in [2.24, 2.45) is 0 Å². The highest BCUT2D eigenvalue weighted by Gasteiger charge is 1.97. The quantitative estimate of drug-likeness (QED) is 0.509. The zero-order valence-corrected chi connectivity index (χ0v) is 11.4. The van der Waals surface area contributed by atoms with Gasteiger partial charge in [-0.25, -0.2) is 13.4 Å². The normalized spacial score (nSPS) is 11.6. The van der Waals surface area contributed by atoms with Gasteiger partial charge in [-0.05, 0) is 25.3 Å². The van der Waals surface area contributed by atoms with E-state index >= 15 is 0 Å². The molecule has 1 heterocycles. The summed E-state index contributed by atoms with van der Waals surface area (Å²) in [5.74, 6) is -0.215. The molecule has 102 valence electrons. The van der Waals surface area contributed by atoms with Crippen LogP contribution in [0.1, 0.15) is 44.1 Å². The molecule has 0 spiro atoms. The zero-order chi connectivity index (χ0) is 13.3. The Balaban J connectivity index is 1.93. The molecule has 4 nitrogen and oxygen atoms in total. The molecule has 0 aliphatic rings. The van der Waals surface area contributed by atoms with Crippen molar-refractivity contribution >= 4 is 10.1 Å². The summed E-state index contributed by atoms with van der Waals surface area (Å²) in [4.78, 5) is 3.06. The molecule has 0 unspecified atom stereocenters. The molecule has 0 saturated carbocycles. The number of nitrogens with one attached hydrogen (secondary N) is 1. The molecule has 0 fully saturated rings. The van der Waals surface area contributed by atoms with Crippen LogP contribution in [0.15, 0.2) is 24.5 Å². The molecule has 0 atom stereocenters. The average molecular weight is 271 g/mol. The fourth-order valence-corrected chi connectivity index (χ4v) is 2.46. The number of aryl methyl sites for hydroxylation is 1. The molecule has 1 aromatic heterocycles. The first-order valence-corrected chi connectivity index (χ1v) is 8.04. The van der Waals surface area contributed by atoms with E-state index in [2.05, 4.69) is 11.1 Å². The van der Waals surface area contributed by atoms with Gasteiger partial charge in [0.05, 0.1) is 10.1 Å². The van der Waals surface area contributed by atoms with Crippen LogP contribution in [0.3, 0.4) is 0 Å². The lowest BCUT2D eigenvalue weighted by molar-refractivity contribution is -0.378. The van der Waals surface area contributed by atoms with Gasteiger partial charge < -0.3 is 4.55 Å². The summed E-state index contributed by atoms with van der Waals surface area (Å²) < 4.78 is 31.1. The monoisotopic (exact) mass is 271 g/mol. The van der Waals surface area contributed by atoms with E-state index in [4.69, 9.17) is 0 Å². The number of pyridine rings is 1. The van der Waals surface area contributed by atoms with Gasteiger partial charge >= 0.3 is 0 Å². The van der Waals surface area contributed by atoms with Gasteiger partial charge in [-0.2, -0.15) is 0 Å². The highest BCUT2D eigenvalue weighted by molar-refractivity contribution is 7.85. The molecule has 0 amide bonds. The Morgan fingerprint density at radius 1 is 1.06 bits per heavy atom. The molecular formula is C13H21NO3S. The maximum absolute atomic E-state index is 10.4. The van der Waals surface area contributed by atoms with E-state index < -0.39 is 10.1 Å². The standard InChI is InChI=1S/C13H21NO3S/c15-18(16,17)11-6-4-2-1-3-5-8-13-9-7-10-14-12-13/h7,9-10,12H,1-6,8,11H2,(H,15,16,17). The molecule has 0 aromatic carbocycles. The molecule has 18 heavy (non-hydrogen) atoms. The van der Waals surface area contributed by atoms with Gasteiger partial charge in [-0.1, -0.05) is 25.7 Å². The third kappa shape index (κ3) is 8.20. The number of hydrogen-bond acceptors (Lipinski definition) is 3. The highest BCUT2D eigenvalue weighted by atomic mass is 32.2. The fraction of sp³-hybridized carbons (Fsp3) is 0.615. The molecule has 0 saturated heterocycles. The largest absolute Gasteiger partial charge is 0.748 e. The summed E-state index contributed by atoms with van der Waals surface area (Å²) in [5.41, 5.74) is 1.31. The Morgan fingerprint density at radius 3 is 2.33 bits per heavy atom. The summed E-state index contributed by atoms with van der Waals surface area (Å²) in [5, 5.41) is 0. The predicted molar refractivity (Wildman–Crippen MR) is 69.0 cm³/mol. The molecule has 0 aliphatic carbocycles. The predicted octanol–water partition coefficient (Wildman–Crippen LogP) is 1.93. The van der Waals surface area contributed by atoms with Crippen LogP contribution in [0.25, 0.3) is 0 Å². The van der Waals surface area contributed by atoms with E-state index in [1.54, 1.807) is 0 Å². The minimum atomic E-state index is -4.01. The Kier molecular flexibility index (Phi) is 6.90. The van der Waals surface area contributed by atoms with Crippen molar-refractivity contribution in [3.8, 4) is 0 Å². The van der Waals surface area contributed by atoms with Crippen molar-refractivity contribution < 1.29 is 18.0 Å². The van der Waals surface area contributed by atoms with E-state index in [0.29, 0.717) is 6.42 Å². The summed E-state index contributed by atoms with van der Waals surface area (Å²) in [7, 11) is -4.01. The summed E-state index contributed by atoms with van der Waals surface area (Å²) >= 11 is 0. The number of H-pyrrole nitrogens is 1. The summed E-state index contributed by atoms with van der Waals surface area (Å²) in [6.45, 7) is 0. The second-order valence-electron chi connectivity index (χ2n) is 4.54. The average Bonchev–Trinajstić information content (AvgIpc) is 2.32. The van der Waals surface area contributed by atoms with Crippen LogP contribution >= 0.6 is 0 Å². The Bertz CT molecular complexity index is 417. The van der Waals surface area contributed by atoms with Gasteiger partial charge in [-0.15, -0.1) is 0 Å². The van der Waals surface area contributed by atoms with Crippen molar-refractivity contribution in [1.82, 2.24) is 0 Å². The van der Waals surface area contributed by atoms with Crippen molar-refractivity contribution in [2.75, 3.05) is 5.75 Å². The smallest absolute Gasteiger partial charge is 0.170 e. The van der Waals surface area contributed by atoms with Crippen molar-refractivity contribution in [3.63, 3.8) is 0 Å². The first kappa shape index (κ1) is 15.1. The molecule has 1 aromatic rings. The lowest BCUT2D eigenvalue weighted by Gasteiger charge is -2.05. The minimum absolute atomic E-state index is 0.215. The highest BCUT2D eigenvalue weighted by Crippen LogP contribution is 2.09. The van der Waals surface area contributed by atoms with Gasteiger partial charge in [0, 0.05) is 17.4 Å². The summed E-state index contributed by atoms with van der Waals surface area (Å²) in [6.07, 6.45) is 10.7. The Morgan fingerprint density at radius 2 is 1.72 bits per heavy atom. The van der Waals surface area contributed by atoms with Crippen molar-refractivity contribution in [1.29, 1.82) is 0 Å². The summed E-state index contributed by atoms with van der Waals surface area (Å²) in [6, 6.07) is 4.11. The van der Waals surface area contributed by atoms with Crippen LogP contribution in [-0.4, -0.2) is 18.7 Å². The lowest BCUT2D eigenvalue weighted by Crippen LogP contribution is -2.03. The number of aromatic nitrogens is 1. The van der Waals surface area contributed by atoms with E-state index in [0.717, 1.165) is 38.5 Å². The lowest BCUT2D eigenvalue weighted by atomic mass is 10.1. The van der Waals surface area contributed by atoms with E-state index in [-0.39, 0.29) is 5.75 Å². The topological polar surface area (TPSA) is 71.3 Å². The molecular weight excluding hydrogens is 250 g/mol. The number of hydrogen-bond donors (Lipinski definition) is 0. The van der Waals surface area contributed by atoms with Gasteiger partial charge in [0.25, 0.3) is 0 Å². The van der Waals surface area contributed by atoms with Crippen molar-refractivity contribution in [3.05, 3.63) is 30.1 Å². The Labute approximate surface area is 109 Å². The van der Waals surface area contributed by atoms with Crippen LogP contribution in [0.2, 0.25) is 0 Å². The molecule has 1 rings (SSSR count). The fourth-order valence-electron chi connectivity index (χ4n) is 1.90. The molecule has 5 heteroatoms. The number of rotatable bonds is 9. The molecule has 0 radical (unpaired) electrons. The SMILES string of the molecule is O=S(=O)([O-])CCCCCCCCc1ccc[nH+]c1. The second-order valence-corrected chi connectivity index (χ2v) is 6.07. The first-order chi connectivity index (χ1) is 8.58. The zero-order valence-electron chi connectivity index (χ0n) is 10.6. The first-order valence-electron chi connectivity index (χ1n) is 6.46.